The number of aliphatic carboxylic acids is 1. The molecule has 0 heterocycles. The fourth-order valence-corrected chi connectivity index (χ4v) is 2.74. The second kappa shape index (κ2) is 9.51. The van der Waals surface area contributed by atoms with Gasteiger partial charge in [0.2, 0.25) is 5.91 Å². The molecule has 0 fully saturated rings. The SMILES string of the molecule is CC(=O)c1ccc(CC(=O)NC(CCC(=O)O)Cc2ccccc2)cc1. The topological polar surface area (TPSA) is 83.5 Å². The first kappa shape index (κ1) is 19.4. The number of carbonyl (C=O) groups excluding carboxylic acids is 2. The molecular weight excluding hydrogens is 330 g/mol. The van der Waals surface area contributed by atoms with Gasteiger partial charge in [-0.1, -0.05) is 54.6 Å². The molecule has 1 amide bonds. The minimum Gasteiger partial charge on any atom is -0.481 e. The monoisotopic (exact) mass is 353 g/mol. The van der Waals surface area contributed by atoms with Gasteiger partial charge in [-0.3, -0.25) is 14.4 Å². The summed E-state index contributed by atoms with van der Waals surface area (Å²) in [4.78, 5) is 34.5. The average Bonchev–Trinajstić information content (AvgIpc) is 2.61. The van der Waals surface area contributed by atoms with E-state index in [4.69, 9.17) is 5.11 Å². The molecule has 5 heteroatoms. The van der Waals surface area contributed by atoms with Crippen molar-refractivity contribution in [3.8, 4) is 0 Å². The molecule has 0 aromatic heterocycles. The van der Waals surface area contributed by atoms with Crippen molar-refractivity contribution in [2.45, 2.75) is 38.6 Å². The zero-order valence-corrected chi connectivity index (χ0v) is 14.8. The molecule has 2 aromatic rings. The maximum atomic E-state index is 12.4. The Hall–Kier alpha value is -2.95. The number of nitrogens with one attached hydrogen (secondary N) is 1. The Balaban J connectivity index is 1.97. The van der Waals surface area contributed by atoms with E-state index in [1.807, 2.05) is 30.3 Å². The van der Waals surface area contributed by atoms with E-state index in [9.17, 15) is 14.4 Å². The van der Waals surface area contributed by atoms with Crippen LogP contribution in [-0.4, -0.2) is 28.8 Å². The number of hydrogen-bond acceptors (Lipinski definition) is 3. The first-order valence-electron chi connectivity index (χ1n) is 8.59. The van der Waals surface area contributed by atoms with E-state index in [2.05, 4.69) is 5.32 Å². The van der Waals surface area contributed by atoms with Crippen molar-refractivity contribution in [3.63, 3.8) is 0 Å². The zero-order valence-electron chi connectivity index (χ0n) is 14.8. The Morgan fingerprint density at radius 3 is 2.19 bits per heavy atom. The first-order chi connectivity index (χ1) is 12.4. The van der Waals surface area contributed by atoms with Crippen molar-refractivity contribution in [1.82, 2.24) is 5.32 Å². The van der Waals surface area contributed by atoms with Crippen molar-refractivity contribution in [1.29, 1.82) is 0 Å². The normalized spacial score (nSPS) is 11.6. The number of amides is 1. The predicted octanol–water partition coefficient (Wildman–Crippen LogP) is 3.02. The highest BCUT2D eigenvalue weighted by atomic mass is 16.4. The number of carboxylic acid groups (broad SMARTS) is 1. The lowest BCUT2D eigenvalue weighted by atomic mass is 10.0. The minimum absolute atomic E-state index is 0.00505. The van der Waals surface area contributed by atoms with Crippen LogP contribution in [0.4, 0.5) is 0 Å². The maximum Gasteiger partial charge on any atom is 0.303 e. The van der Waals surface area contributed by atoms with Crippen molar-refractivity contribution in [2.24, 2.45) is 0 Å². The van der Waals surface area contributed by atoms with Crippen LogP contribution in [0.3, 0.4) is 0 Å². The molecule has 0 radical (unpaired) electrons. The van der Waals surface area contributed by atoms with Crippen LogP contribution in [-0.2, 0) is 22.4 Å². The quantitative estimate of drug-likeness (QED) is 0.679. The lowest BCUT2D eigenvalue weighted by Crippen LogP contribution is -2.37. The fraction of sp³-hybridized carbons (Fsp3) is 0.286. The summed E-state index contributed by atoms with van der Waals surface area (Å²) in [6.45, 7) is 1.50. The Morgan fingerprint density at radius 2 is 1.62 bits per heavy atom. The number of carboxylic acids is 1. The standard InChI is InChI=1S/C21H23NO4/c1-15(23)18-9-7-17(8-10-18)14-20(24)22-19(11-12-21(25)26)13-16-5-3-2-4-6-16/h2-10,19H,11-14H2,1H3,(H,22,24)(H,25,26). The van der Waals surface area contributed by atoms with Gasteiger partial charge in [-0.15, -0.1) is 0 Å². The van der Waals surface area contributed by atoms with Crippen molar-refractivity contribution >= 4 is 17.7 Å². The highest BCUT2D eigenvalue weighted by Crippen LogP contribution is 2.10. The molecule has 5 nitrogen and oxygen atoms in total. The highest BCUT2D eigenvalue weighted by Gasteiger charge is 2.15. The summed E-state index contributed by atoms with van der Waals surface area (Å²) in [5.74, 6) is -1.05. The number of benzene rings is 2. The van der Waals surface area contributed by atoms with E-state index in [1.165, 1.54) is 6.92 Å². The number of Topliss-reactive ketones (excluding diaryl/α,β-unsaturated/α-hetero) is 1. The van der Waals surface area contributed by atoms with Gasteiger partial charge >= 0.3 is 5.97 Å². The van der Waals surface area contributed by atoms with Crippen LogP contribution in [0, 0.1) is 0 Å². The number of rotatable bonds is 9. The van der Waals surface area contributed by atoms with Crippen LogP contribution in [0.15, 0.2) is 54.6 Å². The molecule has 2 aromatic carbocycles. The number of carbonyl (C=O) groups is 3. The molecule has 1 unspecified atom stereocenters. The zero-order chi connectivity index (χ0) is 18.9. The van der Waals surface area contributed by atoms with E-state index >= 15 is 0 Å². The molecule has 0 saturated heterocycles. The van der Waals surface area contributed by atoms with Gasteiger partial charge in [-0.25, -0.2) is 0 Å². The van der Waals surface area contributed by atoms with Gasteiger partial charge in [0, 0.05) is 18.0 Å². The van der Waals surface area contributed by atoms with Gasteiger partial charge < -0.3 is 10.4 Å². The first-order valence-corrected chi connectivity index (χ1v) is 8.59. The van der Waals surface area contributed by atoms with Crippen LogP contribution >= 0.6 is 0 Å². The molecule has 0 aliphatic heterocycles. The summed E-state index contributed by atoms with van der Waals surface area (Å²) in [7, 11) is 0. The second-order valence-corrected chi connectivity index (χ2v) is 6.32. The Morgan fingerprint density at radius 1 is 0.962 bits per heavy atom. The average molecular weight is 353 g/mol. The van der Waals surface area contributed by atoms with E-state index < -0.39 is 5.97 Å². The van der Waals surface area contributed by atoms with E-state index in [0.717, 1.165) is 11.1 Å². The molecular formula is C21H23NO4. The molecule has 1 atom stereocenters. The van der Waals surface area contributed by atoms with Crippen molar-refractivity contribution in [2.75, 3.05) is 0 Å². The Bertz CT molecular complexity index is 753. The van der Waals surface area contributed by atoms with E-state index in [0.29, 0.717) is 18.4 Å². The molecule has 2 N–H and O–H groups in total. The van der Waals surface area contributed by atoms with Gasteiger partial charge in [0.1, 0.15) is 0 Å². The molecule has 0 bridgehead atoms. The molecule has 26 heavy (non-hydrogen) atoms. The van der Waals surface area contributed by atoms with Gasteiger partial charge in [0.05, 0.1) is 6.42 Å². The summed E-state index contributed by atoms with van der Waals surface area (Å²) in [6.07, 6.45) is 1.16. The largest absolute Gasteiger partial charge is 0.481 e. The minimum atomic E-state index is -0.878. The summed E-state index contributed by atoms with van der Waals surface area (Å²) >= 11 is 0. The molecule has 0 aliphatic carbocycles. The third-order valence-corrected chi connectivity index (χ3v) is 4.12. The predicted molar refractivity (Wildman–Crippen MR) is 99.1 cm³/mol. The summed E-state index contributed by atoms with van der Waals surface area (Å²) in [5, 5.41) is 11.9. The lowest BCUT2D eigenvalue weighted by molar-refractivity contribution is -0.137. The fourth-order valence-electron chi connectivity index (χ4n) is 2.74. The van der Waals surface area contributed by atoms with E-state index in [1.54, 1.807) is 24.3 Å². The summed E-state index contributed by atoms with van der Waals surface area (Å²) in [6, 6.07) is 16.4. The van der Waals surface area contributed by atoms with Gasteiger partial charge in [-0.2, -0.15) is 0 Å². The second-order valence-electron chi connectivity index (χ2n) is 6.32. The Kier molecular flexibility index (Phi) is 7.09. The van der Waals surface area contributed by atoms with Gasteiger partial charge in [0.25, 0.3) is 0 Å². The van der Waals surface area contributed by atoms with E-state index in [-0.39, 0.29) is 30.6 Å². The molecule has 0 saturated carbocycles. The molecule has 2 rings (SSSR count). The molecule has 0 spiro atoms. The highest BCUT2D eigenvalue weighted by molar-refractivity contribution is 5.94. The van der Waals surface area contributed by atoms with Gasteiger partial charge in [-0.05, 0) is 30.9 Å². The lowest BCUT2D eigenvalue weighted by Gasteiger charge is -2.18. The van der Waals surface area contributed by atoms with Crippen LogP contribution in [0.25, 0.3) is 0 Å². The Labute approximate surface area is 153 Å². The van der Waals surface area contributed by atoms with Crippen molar-refractivity contribution < 1.29 is 19.5 Å². The van der Waals surface area contributed by atoms with Gasteiger partial charge in [0.15, 0.2) is 5.78 Å². The molecule has 0 aliphatic rings. The summed E-state index contributed by atoms with van der Waals surface area (Å²) < 4.78 is 0. The van der Waals surface area contributed by atoms with Crippen LogP contribution in [0.2, 0.25) is 0 Å². The van der Waals surface area contributed by atoms with Crippen LogP contribution in [0.5, 0.6) is 0 Å². The van der Waals surface area contributed by atoms with Crippen molar-refractivity contribution in [3.05, 3.63) is 71.3 Å². The van der Waals surface area contributed by atoms with Crippen LogP contribution < -0.4 is 5.32 Å². The maximum absolute atomic E-state index is 12.4. The smallest absolute Gasteiger partial charge is 0.303 e. The molecule has 136 valence electrons. The van der Waals surface area contributed by atoms with Crippen LogP contribution in [0.1, 0.15) is 41.3 Å². The third kappa shape index (κ3) is 6.51. The summed E-state index contributed by atoms with van der Waals surface area (Å²) in [5.41, 5.74) is 2.47. The number of hydrogen-bond donors (Lipinski definition) is 2. The number of ketones is 1. The third-order valence-electron chi connectivity index (χ3n) is 4.12.